The van der Waals surface area contributed by atoms with Crippen molar-refractivity contribution < 1.29 is 9.18 Å². The van der Waals surface area contributed by atoms with Crippen molar-refractivity contribution in [3.63, 3.8) is 0 Å². The van der Waals surface area contributed by atoms with Gasteiger partial charge in [-0.15, -0.1) is 0 Å². The van der Waals surface area contributed by atoms with Crippen LogP contribution in [0.5, 0.6) is 0 Å². The van der Waals surface area contributed by atoms with Crippen LogP contribution >= 0.6 is 0 Å². The number of urea groups is 1. The zero-order valence-electron chi connectivity index (χ0n) is 14.3. The Bertz CT molecular complexity index is 537. The lowest BCUT2D eigenvalue weighted by atomic mass is 9.96. The minimum atomic E-state index is -0.122. The van der Waals surface area contributed by atoms with Gasteiger partial charge in [0.05, 0.1) is 0 Å². The first-order valence-electron chi connectivity index (χ1n) is 9.23. The Kier molecular flexibility index (Phi) is 6.07. The predicted molar refractivity (Wildman–Crippen MR) is 93.5 cm³/mol. The van der Waals surface area contributed by atoms with Gasteiger partial charge in [0.1, 0.15) is 5.82 Å². The topological polar surface area (TPSA) is 35.6 Å². The van der Waals surface area contributed by atoms with Gasteiger partial charge < -0.3 is 10.2 Å². The molecular weight excluding hydrogens is 305 g/mol. The highest BCUT2D eigenvalue weighted by atomic mass is 19.1. The number of amides is 2. The van der Waals surface area contributed by atoms with E-state index in [0.29, 0.717) is 6.04 Å². The second-order valence-corrected chi connectivity index (χ2v) is 6.95. The van der Waals surface area contributed by atoms with Gasteiger partial charge in [0, 0.05) is 38.8 Å². The fourth-order valence-electron chi connectivity index (χ4n) is 3.67. The molecule has 1 N–H and O–H groups in total. The highest BCUT2D eigenvalue weighted by Crippen LogP contribution is 2.18. The van der Waals surface area contributed by atoms with Crippen LogP contribution in [-0.4, -0.2) is 54.6 Å². The van der Waals surface area contributed by atoms with Crippen LogP contribution in [0.4, 0.5) is 9.18 Å². The van der Waals surface area contributed by atoms with Crippen LogP contribution in [0.2, 0.25) is 0 Å². The number of hydrogen-bond donors (Lipinski definition) is 1. The molecule has 0 spiro atoms. The molecule has 2 fully saturated rings. The lowest BCUT2D eigenvalue weighted by Gasteiger charge is -2.36. The Morgan fingerprint density at radius 1 is 1.08 bits per heavy atom. The third-order valence-corrected chi connectivity index (χ3v) is 5.25. The molecule has 4 nitrogen and oxygen atoms in total. The molecule has 0 bridgehead atoms. The number of benzene rings is 1. The number of piperazine rings is 1. The first kappa shape index (κ1) is 17.2. The lowest BCUT2D eigenvalue weighted by Crippen LogP contribution is -2.53. The number of carbonyl (C=O) groups is 1. The zero-order valence-corrected chi connectivity index (χ0v) is 14.3. The second-order valence-electron chi connectivity index (χ2n) is 6.95. The van der Waals surface area contributed by atoms with Crippen molar-refractivity contribution in [2.24, 2.45) is 0 Å². The lowest BCUT2D eigenvalue weighted by molar-refractivity contribution is 0.136. The van der Waals surface area contributed by atoms with Crippen molar-refractivity contribution in [3.8, 4) is 0 Å². The molecule has 0 aromatic heterocycles. The van der Waals surface area contributed by atoms with E-state index in [1.807, 2.05) is 17.0 Å². The fourth-order valence-corrected chi connectivity index (χ4v) is 3.67. The highest BCUT2D eigenvalue weighted by Gasteiger charge is 2.23. The molecule has 5 heteroatoms. The van der Waals surface area contributed by atoms with Gasteiger partial charge in [0.25, 0.3) is 0 Å². The first-order chi connectivity index (χ1) is 11.7. The standard InChI is InChI=1S/C19H28FN3O/c20-18-9-5-4-6-16(18)10-11-22-12-14-23(15-13-22)19(24)21-17-7-2-1-3-8-17/h4-6,9,17H,1-3,7-8,10-15H2,(H,21,24). The van der Waals surface area contributed by atoms with E-state index in [-0.39, 0.29) is 11.8 Å². The van der Waals surface area contributed by atoms with E-state index in [4.69, 9.17) is 0 Å². The molecule has 1 saturated carbocycles. The molecule has 2 amide bonds. The summed E-state index contributed by atoms with van der Waals surface area (Å²) in [6, 6.07) is 7.43. The van der Waals surface area contributed by atoms with E-state index in [2.05, 4.69) is 10.2 Å². The van der Waals surface area contributed by atoms with Crippen molar-refractivity contribution in [3.05, 3.63) is 35.6 Å². The van der Waals surface area contributed by atoms with E-state index < -0.39 is 0 Å². The van der Waals surface area contributed by atoms with Crippen LogP contribution in [-0.2, 0) is 6.42 Å². The van der Waals surface area contributed by atoms with Gasteiger partial charge in [0.15, 0.2) is 0 Å². The minimum absolute atomic E-state index is 0.0932. The Balaban J connectivity index is 1.39. The molecule has 2 aliphatic rings. The number of nitrogens with one attached hydrogen (secondary N) is 1. The first-order valence-corrected chi connectivity index (χ1v) is 9.23. The van der Waals surface area contributed by atoms with Crippen molar-refractivity contribution in [2.45, 2.75) is 44.6 Å². The average Bonchev–Trinajstić information content (AvgIpc) is 2.62. The minimum Gasteiger partial charge on any atom is -0.335 e. The maximum absolute atomic E-state index is 13.7. The predicted octanol–water partition coefficient (Wildman–Crippen LogP) is 3.03. The average molecular weight is 333 g/mol. The van der Waals surface area contributed by atoms with E-state index >= 15 is 0 Å². The van der Waals surface area contributed by atoms with Crippen molar-refractivity contribution >= 4 is 6.03 Å². The van der Waals surface area contributed by atoms with Gasteiger partial charge in [-0.1, -0.05) is 37.5 Å². The van der Waals surface area contributed by atoms with Gasteiger partial charge in [-0.3, -0.25) is 4.90 Å². The Morgan fingerprint density at radius 3 is 2.50 bits per heavy atom. The van der Waals surface area contributed by atoms with Gasteiger partial charge in [-0.2, -0.15) is 0 Å². The number of nitrogens with zero attached hydrogens (tertiary/aromatic N) is 2. The van der Waals surface area contributed by atoms with Crippen LogP contribution in [0, 0.1) is 5.82 Å². The van der Waals surface area contributed by atoms with Gasteiger partial charge in [0.2, 0.25) is 0 Å². The van der Waals surface area contributed by atoms with Crippen LogP contribution in [0.1, 0.15) is 37.7 Å². The molecule has 3 rings (SSSR count). The fraction of sp³-hybridized carbons (Fsp3) is 0.632. The monoisotopic (exact) mass is 333 g/mol. The van der Waals surface area contributed by atoms with Crippen molar-refractivity contribution in [1.29, 1.82) is 0 Å². The van der Waals surface area contributed by atoms with Crippen LogP contribution < -0.4 is 5.32 Å². The van der Waals surface area contributed by atoms with Gasteiger partial charge >= 0.3 is 6.03 Å². The molecule has 0 atom stereocenters. The molecule has 0 unspecified atom stereocenters. The van der Waals surface area contributed by atoms with Crippen molar-refractivity contribution in [2.75, 3.05) is 32.7 Å². The maximum Gasteiger partial charge on any atom is 0.317 e. The summed E-state index contributed by atoms with van der Waals surface area (Å²) in [6.45, 7) is 4.10. The van der Waals surface area contributed by atoms with Crippen LogP contribution in [0.15, 0.2) is 24.3 Å². The quantitative estimate of drug-likeness (QED) is 0.919. The van der Waals surface area contributed by atoms with E-state index in [1.165, 1.54) is 25.3 Å². The van der Waals surface area contributed by atoms with E-state index in [0.717, 1.165) is 57.5 Å². The summed E-state index contributed by atoms with van der Waals surface area (Å²) in [7, 11) is 0. The normalized spacial score (nSPS) is 20.1. The summed E-state index contributed by atoms with van der Waals surface area (Å²) in [6.07, 6.45) is 6.72. The summed E-state index contributed by atoms with van der Waals surface area (Å²) in [5, 5.41) is 3.19. The molecular formula is C19H28FN3O. The number of halogens is 1. The summed E-state index contributed by atoms with van der Waals surface area (Å²) in [5.41, 5.74) is 0.773. The molecule has 132 valence electrons. The second kappa shape index (κ2) is 8.47. The Labute approximate surface area is 144 Å². The number of rotatable bonds is 4. The summed E-state index contributed by atoms with van der Waals surface area (Å²) in [4.78, 5) is 16.6. The van der Waals surface area contributed by atoms with E-state index in [9.17, 15) is 9.18 Å². The van der Waals surface area contributed by atoms with Gasteiger partial charge in [-0.25, -0.2) is 9.18 Å². The smallest absolute Gasteiger partial charge is 0.317 e. The van der Waals surface area contributed by atoms with Crippen LogP contribution in [0.25, 0.3) is 0 Å². The molecule has 1 aliphatic heterocycles. The SMILES string of the molecule is O=C(NC1CCCCC1)N1CCN(CCc2ccccc2F)CC1. The van der Waals surface area contributed by atoms with Crippen molar-refractivity contribution in [1.82, 2.24) is 15.1 Å². The Hall–Kier alpha value is -1.62. The summed E-state index contributed by atoms with van der Waals surface area (Å²) in [5.74, 6) is -0.122. The number of carbonyl (C=O) groups excluding carboxylic acids is 1. The Morgan fingerprint density at radius 2 is 1.79 bits per heavy atom. The third kappa shape index (κ3) is 4.69. The summed E-state index contributed by atoms with van der Waals surface area (Å²) >= 11 is 0. The molecule has 1 aromatic carbocycles. The maximum atomic E-state index is 13.7. The molecule has 1 aromatic rings. The van der Waals surface area contributed by atoms with E-state index in [1.54, 1.807) is 6.07 Å². The molecule has 0 radical (unpaired) electrons. The largest absolute Gasteiger partial charge is 0.335 e. The molecule has 1 heterocycles. The zero-order chi connectivity index (χ0) is 16.8. The van der Waals surface area contributed by atoms with Crippen LogP contribution in [0.3, 0.4) is 0 Å². The molecule has 24 heavy (non-hydrogen) atoms. The highest BCUT2D eigenvalue weighted by molar-refractivity contribution is 5.74. The number of hydrogen-bond acceptors (Lipinski definition) is 2. The molecule has 1 saturated heterocycles. The molecule has 1 aliphatic carbocycles. The third-order valence-electron chi connectivity index (χ3n) is 5.25. The summed E-state index contributed by atoms with van der Waals surface area (Å²) < 4.78 is 13.7. The van der Waals surface area contributed by atoms with Gasteiger partial charge in [-0.05, 0) is 30.9 Å².